The molecule has 4 atom stereocenters. The predicted molar refractivity (Wildman–Crippen MR) is 77.4 cm³/mol. The van der Waals surface area contributed by atoms with Crippen molar-refractivity contribution in [1.82, 2.24) is 0 Å². The molecule has 2 rings (SSSR count). The van der Waals surface area contributed by atoms with Crippen LogP contribution in [0.2, 0.25) is 0 Å². The fourth-order valence-corrected chi connectivity index (χ4v) is 3.71. The maximum Gasteiger partial charge on any atom is 0.303 e. The Balaban J connectivity index is 2.05. The first kappa shape index (κ1) is 15.4. The van der Waals surface area contributed by atoms with E-state index in [0.717, 1.165) is 4.90 Å². The van der Waals surface area contributed by atoms with Gasteiger partial charge in [0.05, 0.1) is 6.10 Å². The minimum absolute atomic E-state index is 0.158. The zero-order valence-electron chi connectivity index (χ0n) is 11.9. The number of thioether (sulfide) groups is 1. The van der Waals surface area contributed by atoms with E-state index in [9.17, 15) is 9.90 Å². The van der Waals surface area contributed by atoms with E-state index >= 15 is 0 Å². The SMILES string of the molecule is CC(=O)O[C@H]1[C@H](C)OC(Sc2ccccc2)C[C@@]1(C)O. The van der Waals surface area contributed by atoms with Crippen molar-refractivity contribution in [2.75, 3.05) is 0 Å². The molecule has 1 heterocycles. The highest BCUT2D eigenvalue weighted by molar-refractivity contribution is 7.99. The number of carbonyl (C=O) groups is 1. The molecule has 1 aromatic rings. The van der Waals surface area contributed by atoms with Crippen molar-refractivity contribution >= 4 is 17.7 Å². The third-order valence-electron chi connectivity index (χ3n) is 3.29. The van der Waals surface area contributed by atoms with Crippen LogP contribution >= 0.6 is 11.8 Å². The van der Waals surface area contributed by atoms with Crippen LogP contribution < -0.4 is 0 Å². The van der Waals surface area contributed by atoms with E-state index in [1.54, 1.807) is 18.7 Å². The third-order valence-corrected chi connectivity index (χ3v) is 4.37. The van der Waals surface area contributed by atoms with Gasteiger partial charge in [-0.05, 0) is 26.0 Å². The number of hydrogen-bond donors (Lipinski definition) is 1. The Bertz CT molecular complexity index is 460. The standard InChI is InChI=1S/C15H20O4S/c1-10-14(19-11(2)16)15(3,17)9-13(18-10)20-12-7-5-4-6-8-12/h4-8,10,13-14,17H,9H2,1-3H3/t10-,13?,14-,15+/m0/s1. The van der Waals surface area contributed by atoms with Gasteiger partial charge in [0.25, 0.3) is 0 Å². The van der Waals surface area contributed by atoms with Gasteiger partial charge in [0, 0.05) is 18.2 Å². The van der Waals surface area contributed by atoms with Crippen LogP contribution in [0.5, 0.6) is 0 Å². The van der Waals surface area contributed by atoms with Crippen molar-refractivity contribution in [3.8, 4) is 0 Å². The molecule has 0 radical (unpaired) electrons. The van der Waals surface area contributed by atoms with Crippen molar-refractivity contribution < 1.29 is 19.4 Å². The maximum absolute atomic E-state index is 11.1. The largest absolute Gasteiger partial charge is 0.457 e. The minimum Gasteiger partial charge on any atom is -0.457 e. The second-order valence-corrected chi connectivity index (χ2v) is 6.53. The Hall–Kier alpha value is -1.04. The smallest absolute Gasteiger partial charge is 0.303 e. The zero-order valence-corrected chi connectivity index (χ0v) is 12.7. The summed E-state index contributed by atoms with van der Waals surface area (Å²) >= 11 is 1.57. The Morgan fingerprint density at radius 1 is 1.45 bits per heavy atom. The molecule has 110 valence electrons. The number of rotatable bonds is 3. The lowest BCUT2D eigenvalue weighted by Gasteiger charge is -2.43. The van der Waals surface area contributed by atoms with E-state index in [0.29, 0.717) is 6.42 Å². The first-order chi connectivity index (χ1) is 9.38. The van der Waals surface area contributed by atoms with Crippen molar-refractivity contribution in [3.63, 3.8) is 0 Å². The number of carbonyl (C=O) groups excluding carboxylic acids is 1. The Morgan fingerprint density at radius 2 is 2.10 bits per heavy atom. The predicted octanol–water partition coefficient (Wildman–Crippen LogP) is 2.60. The van der Waals surface area contributed by atoms with Crippen molar-refractivity contribution in [2.24, 2.45) is 0 Å². The lowest BCUT2D eigenvalue weighted by molar-refractivity contribution is -0.207. The van der Waals surface area contributed by atoms with Gasteiger partial charge in [-0.15, -0.1) is 0 Å². The van der Waals surface area contributed by atoms with Gasteiger partial charge in [-0.3, -0.25) is 4.79 Å². The molecule has 0 bridgehead atoms. The van der Waals surface area contributed by atoms with Crippen LogP contribution in [0.3, 0.4) is 0 Å². The number of benzene rings is 1. The molecule has 1 N–H and O–H groups in total. The monoisotopic (exact) mass is 296 g/mol. The summed E-state index contributed by atoms with van der Waals surface area (Å²) in [5.74, 6) is -0.403. The van der Waals surface area contributed by atoms with Crippen molar-refractivity contribution in [1.29, 1.82) is 0 Å². The van der Waals surface area contributed by atoms with Crippen LogP contribution in [-0.2, 0) is 14.3 Å². The van der Waals surface area contributed by atoms with Crippen molar-refractivity contribution in [3.05, 3.63) is 30.3 Å². The highest BCUT2D eigenvalue weighted by Crippen LogP contribution is 2.38. The Morgan fingerprint density at radius 3 is 2.65 bits per heavy atom. The summed E-state index contributed by atoms with van der Waals surface area (Å²) in [4.78, 5) is 12.2. The molecule has 1 saturated heterocycles. The Kier molecular flexibility index (Phi) is 4.73. The van der Waals surface area contributed by atoms with Gasteiger partial charge in [0.15, 0.2) is 6.10 Å². The highest BCUT2D eigenvalue weighted by Gasteiger charge is 2.46. The van der Waals surface area contributed by atoms with E-state index in [-0.39, 0.29) is 11.5 Å². The molecule has 0 aliphatic carbocycles. The molecular weight excluding hydrogens is 276 g/mol. The minimum atomic E-state index is -1.09. The topological polar surface area (TPSA) is 55.8 Å². The van der Waals surface area contributed by atoms with Gasteiger partial charge in [0.1, 0.15) is 11.0 Å². The third kappa shape index (κ3) is 3.75. The van der Waals surface area contributed by atoms with Gasteiger partial charge in [0.2, 0.25) is 0 Å². The lowest BCUT2D eigenvalue weighted by atomic mass is 9.89. The van der Waals surface area contributed by atoms with Crippen LogP contribution in [0.1, 0.15) is 27.2 Å². The molecule has 1 aliphatic heterocycles. The molecule has 20 heavy (non-hydrogen) atoms. The summed E-state index contributed by atoms with van der Waals surface area (Å²) in [5, 5.41) is 10.5. The van der Waals surface area contributed by atoms with E-state index < -0.39 is 17.7 Å². The van der Waals surface area contributed by atoms with E-state index in [1.165, 1.54) is 6.92 Å². The summed E-state index contributed by atoms with van der Waals surface area (Å²) in [7, 11) is 0. The molecule has 0 saturated carbocycles. The van der Waals surface area contributed by atoms with E-state index in [2.05, 4.69) is 0 Å². The number of aliphatic hydroxyl groups is 1. The van der Waals surface area contributed by atoms with Gasteiger partial charge < -0.3 is 14.6 Å². The van der Waals surface area contributed by atoms with Crippen LogP contribution in [0.25, 0.3) is 0 Å². The number of ether oxygens (including phenoxy) is 2. The van der Waals surface area contributed by atoms with Gasteiger partial charge >= 0.3 is 5.97 Å². The summed E-state index contributed by atoms with van der Waals surface area (Å²) in [6, 6.07) is 9.90. The molecular formula is C15H20O4S. The van der Waals surface area contributed by atoms with Crippen LogP contribution in [0.15, 0.2) is 35.2 Å². The summed E-state index contributed by atoms with van der Waals surface area (Å²) in [6.07, 6.45) is -0.564. The molecule has 1 aromatic carbocycles. The summed E-state index contributed by atoms with van der Waals surface area (Å²) in [5.41, 5.74) is -1.25. The average molecular weight is 296 g/mol. The van der Waals surface area contributed by atoms with Crippen LogP contribution in [0, 0.1) is 0 Å². The fraction of sp³-hybridized carbons (Fsp3) is 0.533. The molecule has 1 unspecified atom stereocenters. The van der Waals surface area contributed by atoms with Crippen molar-refractivity contribution in [2.45, 2.75) is 55.3 Å². The first-order valence-corrected chi connectivity index (χ1v) is 7.53. The zero-order chi connectivity index (χ0) is 14.8. The quantitative estimate of drug-likeness (QED) is 0.869. The average Bonchev–Trinajstić information content (AvgIpc) is 2.34. The fourth-order valence-electron chi connectivity index (χ4n) is 2.44. The second kappa shape index (κ2) is 6.16. The Labute approximate surface area is 123 Å². The molecule has 0 amide bonds. The molecule has 0 spiro atoms. The highest BCUT2D eigenvalue weighted by atomic mass is 32.2. The van der Waals surface area contributed by atoms with E-state index in [1.807, 2.05) is 37.3 Å². The summed E-state index contributed by atoms with van der Waals surface area (Å²) in [6.45, 7) is 4.85. The summed E-state index contributed by atoms with van der Waals surface area (Å²) < 4.78 is 11.1. The molecule has 0 aromatic heterocycles. The van der Waals surface area contributed by atoms with Gasteiger partial charge in [-0.25, -0.2) is 0 Å². The lowest BCUT2D eigenvalue weighted by Crippen LogP contribution is -2.55. The van der Waals surface area contributed by atoms with Crippen LogP contribution in [0.4, 0.5) is 0 Å². The molecule has 1 aliphatic rings. The second-order valence-electron chi connectivity index (χ2n) is 5.29. The first-order valence-electron chi connectivity index (χ1n) is 6.65. The molecule has 4 nitrogen and oxygen atoms in total. The molecule has 5 heteroatoms. The van der Waals surface area contributed by atoms with Gasteiger partial charge in [-0.1, -0.05) is 30.0 Å². The van der Waals surface area contributed by atoms with Crippen LogP contribution in [-0.4, -0.2) is 34.3 Å². The van der Waals surface area contributed by atoms with E-state index in [4.69, 9.17) is 9.47 Å². The normalized spacial score (nSPS) is 33.7. The molecule has 1 fully saturated rings. The number of esters is 1. The number of hydrogen-bond acceptors (Lipinski definition) is 5. The van der Waals surface area contributed by atoms with Gasteiger partial charge in [-0.2, -0.15) is 0 Å². The maximum atomic E-state index is 11.1.